The highest BCUT2D eigenvalue weighted by molar-refractivity contribution is 5.69. The molecule has 306 valence electrons. The molecule has 0 saturated carbocycles. The van der Waals surface area contributed by atoms with Crippen LogP contribution in [0.1, 0.15) is 271 Å². The molecule has 0 aromatic heterocycles. The van der Waals surface area contributed by atoms with Crippen LogP contribution in [0.15, 0.2) is 0 Å². The average Bonchev–Trinajstić information content (AvgIpc) is 3.14. The number of ether oxygens (including phenoxy) is 2. The molecule has 51 heavy (non-hydrogen) atoms. The normalized spacial score (nSPS) is 12.1. The minimum absolute atomic E-state index is 0.163. The molecule has 0 spiro atoms. The van der Waals surface area contributed by atoms with E-state index >= 15 is 0 Å². The Kier molecular flexibility index (Phi) is 45.0. The van der Waals surface area contributed by atoms with Gasteiger partial charge in [-0.25, -0.2) is 0 Å². The van der Waals surface area contributed by atoms with E-state index in [2.05, 4.69) is 13.8 Å². The first kappa shape index (κ1) is 50.4. The quantitative estimate of drug-likeness (QED) is 0.0502. The van der Waals surface area contributed by atoms with Gasteiger partial charge in [0.05, 0.1) is 13.2 Å². The first-order chi connectivity index (χ1) is 25.2. The van der Waals surface area contributed by atoms with Crippen LogP contribution in [0.5, 0.6) is 0 Å². The van der Waals surface area contributed by atoms with E-state index in [1.165, 1.54) is 231 Å². The summed E-state index contributed by atoms with van der Waals surface area (Å²) in [5.74, 6) is -0.191. The maximum Gasteiger partial charge on any atom is 0.306 e. The molecule has 4 nitrogen and oxygen atoms in total. The molecule has 0 heterocycles. The maximum atomic E-state index is 12.2. The number of aliphatic hydroxyl groups is 1. The molecule has 1 atom stereocenters. The molecule has 0 fully saturated rings. The summed E-state index contributed by atoms with van der Waals surface area (Å²) in [4.78, 5) is 12.2. The molecule has 0 aliphatic heterocycles. The number of unbranched alkanes of at least 4 members (excludes halogenated alkanes) is 37. The zero-order valence-electron chi connectivity index (χ0n) is 35.2. The molecule has 4 heteroatoms. The largest absolute Gasteiger partial charge is 0.457 e. The monoisotopic (exact) mass is 723 g/mol. The molecule has 0 rings (SSSR count). The summed E-state index contributed by atoms with van der Waals surface area (Å²) in [7, 11) is 0. The number of hydrogen-bond acceptors (Lipinski definition) is 4. The van der Waals surface area contributed by atoms with E-state index in [-0.39, 0.29) is 12.6 Å². The van der Waals surface area contributed by atoms with Gasteiger partial charge in [-0.1, -0.05) is 251 Å². The van der Waals surface area contributed by atoms with Gasteiger partial charge in [0.2, 0.25) is 0 Å². The Bertz CT molecular complexity index is 638. The standard InChI is InChI=1S/C47H94O4/c1-3-5-7-9-11-13-15-17-19-21-23-25-27-29-31-33-35-37-39-41-43-50-45-46(44-48)51-47(49)42-40-38-36-34-32-30-28-26-24-22-20-18-16-14-12-10-8-6-4-2/h46,48H,3-45H2,1-2H3. The Morgan fingerprint density at radius 2 is 0.647 bits per heavy atom. The third-order valence-electron chi connectivity index (χ3n) is 10.9. The van der Waals surface area contributed by atoms with Gasteiger partial charge < -0.3 is 14.6 Å². The summed E-state index contributed by atoms with van der Waals surface area (Å²) in [5, 5.41) is 9.62. The Hall–Kier alpha value is -0.610. The van der Waals surface area contributed by atoms with Crippen LogP contribution in [-0.2, 0) is 14.3 Å². The predicted molar refractivity (Wildman–Crippen MR) is 224 cm³/mol. The lowest BCUT2D eigenvalue weighted by Crippen LogP contribution is -2.27. The van der Waals surface area contributed by atoms with E-state index in [0.29, 0.717) is 19.6 Å². The van der Waals surface area contributed by atoms with E-state index in [4.69, 9.17) is 9.47 Å². The van der Waals surface area contributed by atoms with Crippen molar-refractivity contribution in [1.29, 1.82) is 0 Å². The molecule has 0 aromatic rings. The van der Waals surface area contributed by atoms with Crippen molar-refractivity contribution in [2.75, 3.05) is 19.8 Å². The van der Waals surface area contributed by atoms with Gasteiger partial charge in [-0.15, -0.1) is 0 Å². The van der Waals surface area contributed by atoms with Crippen molar-refractivity contribution < 1.29 is 19.4 Å². The molecule has 0 amide bonds. The third-order valence-corrected chi connectivity index (χ3v) is 10.9. The van der Waals surface area contributed by atoms with Crippen LogP contribution in [0.3, 0.4) is 0 Å². The average molecular weight is 723 g/mol. The maximum absolute atomic E-state index is 12.2. The van der Waals surface area contributed by atoms with Gasteiger partial charge in [0.15, 0.2) is 0 Å². The highest BCUT2D eigenvalue weighted by Crippen LogP contribution is 2.17. The number of carbonyl (C=O) groups is 1. The third kappa shape index (κ3) is 43.7. The van der Waals surface area contributed by atoms with Gasteiger partial charge in [0, 0.05) is 13.0 Å². The topological polar surface area (TPSA) is 55.8 Å². The van der Waals surface area contributed by atoms with Crippen LogP contribution in [0.2, 0.25) is 0 Å². The number of aliphatic hydroxyl groups excluding tert-OH is 1. The van der Waals surface area contributed by atoms with Gasteiger partial charge in [0.1, 0.15) is 6.10 Å². The summed E-state index contributed by atoms with van der Waals surface area (Å²) in [6, 6.07) is 0. The molecule has 0 saturated heterocycles. The second-order valence-corrected chi connectivity index (χ2v) is 16.2. The summed E-state index contributed by atoms with van der Waals surface area (Å²) in [6.07, 6.45) is 53.2. The van der Waals surface area contributed by atoms with E-state index in [1.54, 1.807) is 0 Å². The zero-order valence-corrected chi connectivity index (χ0v) is 35.2. The van der Waals surface area contributed by atoms with Gasteiger partial charge in [-0.2, -0.15) is 0 Å². The van der Waals surface area contributed by atoms with Crippen LogP contribution in [0, 0.1) is 0 Å². The Morgan fingerprint density at radius 1 is 0.392 bits per heavy atom. The first-order valence-electron chi connectivity index (χ1n) is 23.6. The second kappa shape index (κ2) is 45.5. The van der Waals surface area contributed by atoms with Crippen molar-refractivity contribution in [3.8, 4) is 0 Å². The fourth-order valence-electron chi connectivity index (χ4n) is 7.39. The predicted octanol–water partition coefficient (Wildman–Crippen LogP) is 15.6. The van der Waals surface area contributed by atoms with Crippen LogP contribution in [0.4, 0.5) is 0 Å². The molecule has 0 aliphatic carbocycles. The van der Waals surface area contributed by atoms with Crippen LogP contribution in [-0.4, -0.2) is 37.0 Å². The highest BCUT2D eigenvalue weighted by Gasteiger charge is 2.13. The molecule has 0 radical (unpaired) electrons. The molecule has 1 unspecified atom stereocenters. The smallest absolute Gasteiger partial charge is 0.306 e. The van der Waals surface area contributed by atoms with Crippen molar-refractivity contribution in [2.45, 2.75) is 277 Å². The SMILES string of the molecule is CCCCCCCCCCCCCCCCCCCCCCOCC(CO)OC(=O)CCCCCCCCCCCCCCCCCCCCC. The lowest BCUT2D eigenvalue weighted by atomic mass is 10.0. The van der Waals surface area contributed by atoms with Gasteiger partial charge in [-0.05, 0) is 12.8 Å². The number of esters is 1. The van der Waals surface area contributed by atoms with Gasteiger partial charge in [-0.3, -0.25) is 4.79 Å². The fourth-order valence-corrected chi connectivity index (χ4v) is 7.39. The lowest BCUT2D eigenvalue weighted by Gasteiger charge is -2.16. The Labute approximate surface area is 321 Å². The van der Waals surface area contributed by atoms with Crippen LogP contribution in [0.25, 0.3) is 0 Å². The molecular formula is C47H94O4. The van der Waals surface area contributed by atoms with Crippen molar-refractivity contribution in [3.05, 3.63) is 0 Å². The van der Waals surface area contributed by atoms with E-state index < -0.39 is 6.10 Å². The van der Waals surface area contributed by atoms with Crippen LogP contribution >= 0.6 is 0 Å². The van der Waals surface area contributed by atoms with Gasteiger partial charge >= 0.3 is 5.97 Å². The Balaban J connectivity index is 3.33. The zero-order chi connectivity index (χ0) is 37.0. The summed E-state index contributed by atoms with van der Waals surface area (Å²) >= 11 is 0. The highest BCUT2D eigenvalue weighted by atomic mass is 16.6. The lowest BCUT2D eigenvalue weighted by molar-refractivity contribution is -0.154. The summed E-state index contributed by atoms with van der Waals surface area (Å²) in [5.41, 5.74) is 0. The van der Waals surface area contributed by atoms with E-state index in [1.807, 2.05) is 0 Å². The minimum atomic E-state index is -0.525. The van der Waals surface area contributed by atoms with Crippen molar-refractivity contribution in [2.24, 2.45) is 0 Å². The summed E-state index contributed by atoms with van der Waals surface area (Å²) in [6.45, 7) is 5.42. The number of carbonyl (C=O) groups excluding carboxylic acids is 1. The van der Waals surface area contributed by atoms with Crippen LogP contribution < -0.4 is 0 Å². The Morgan fingerprint density at radius 3 is 0.922 bits per heavy atom. The molecule has 0 bridgehead atoms. The first-order valence-corrected chi connectivity index (χ1v) is 23.6. The van der Waals surface area contributed by atoms with E-state index in [0.717, 1.165) is 19.3 Å². The fraction of sp³-hybridized carbons (Fsp3) is 0.979. The number of hydrogen-bond donors (Lipinski definition) is 1. The second-order valence-electron chi connectivity index (χ2n) is 16.2. The van der Waals surface area contributed by atoms with Crippen molar-refractivity contribution in [1.82, 2.24) is 0 Å². The van der Waals surface area contributed by atoms with Gasteiger partial charge in [0.25, 0.3) is 0 Å². The van der Waals surface area contributed by atoms with E-state index in [9.17, 15) is 9.90 Å². The van der Waals surface area contributed by atoms with Crippen molar-refractivity contribution >= 4 is 5.97 Å². The molecular weight excluding hydrogens is 629 g/mol. The minimum Gasteiger partial charge on any atom is -0.457 e. The molecule has 0 aromatic carbocycles. The van der Waals surface area contributed by atoms with Crippen molar-refractivity contribution in [3.63, 3.8) is 0 Å². The number of rotatable bonds is 45. The summed E-state index contributed by atoms with van der Waals surface area (Å²) < 4.78 is 11.2. The molecule has 1 N–H and O–H groups in total. The molecule has 0 aliphatic rings.